The van der Waals surface area contributed by atoms with Crippen molar-refractivity contribution in [1.82, 2.24) is 20.9 Å². The molecule has 0 fully saturated rings. The summed E-state index contributed by atoms with van der Waals surface area (Å²) in [5.74, 6) is 2.35. The molecule has 0 aliphatic carbocycles. The molecule has 0 saturated heterocycles. The zero-order valence-corrected chi connectivity index (χ0v) is 9.20. The van der Waals surface area contributed by atoms with Crippen molar-refractivity contribution in [3.63, 3.8) is 0 Å². The Morgan fingerprint density at radius 2 is 2.33 bits per heavy atom. The third-order valence-corrected chi connectivity index (χ3v) is 4.31. The van der Waals surface area contributed by atoms with Gasteiger partial charge in [0.1, 0.15) is 0 Å². The minimum atomic E-state index is -0.697. The van der Waals surface area contributed by atoms with E-state index in [0.717, 1.165) is 28.1 Å². The first-order valence-corrected chi connectivity index (χ1v) is 5.81. The predicted molar refractivity (Wildman–Crippen MR) is 59.4 cm³/mol. The second-order valence-corrected chi connectivity index (χ2v) is 5.16. The van der Waals surface area contributed by atoms with Gasteiger partial charge in [-0.25, -0.2) is 0 Å². The Morgan fingerprint density at radius 1 is 1.53 bits per heavy atom. The molecule has 5 nitrogen and oxygen atoms in total. The Morgan fingerprint density at radius 3 is 3.07 bits per heavy atom. The van der Waals surface area contributed by atoms with Gasteiger partial charge in [-0.3, -0.25) is 9.67 Å². The van der Waals surface area contributed by atoms with Crippen LogP contribution in [0.1, 0.15) is 5.69 Å². The number of nitrogens with zero attached hydrogens (tertiary/aromatic N) is 4. The van der Waals surface area contributed by atoms with Gasteiger partial charge in [-0.05, 0) is 0 Å². The van der Waals surface area contributed by atoms with Crippen LogP contribution in [0, 0.1) is 11.1 Å². The number of pyridine rings is 1. The molecule has 0 spiro atoms. The minimum Gasteiger partial charge on any atom is -0.344 e. The number of aromatic nitrogens is 3. The van der Waals surface area contributed by atoms with E-state index in [-0.39, 0.29) is 6.15 Å². The first kappa shape index (κ1) is 10.0. The molecule has 0 aromatic carbocycles. The van der Waals surface area contributed by atoms with Gasteiger partial charge in [0.15, 0.2) is 0 Å². The third-order valence-electron chi connectivity index (χ3n) is 2.53. The van der Waals surface area contributed by atoms with Crippen LogP contribution in [0.2, 0.25) is 0 Å². The van der Waals surface area contributed by atoms with Gasteiger partial charge in [-0.15, -0.1) is 0 Å². The summed E-state index contributed by atoms with van der Waals surface area (Å²) in [6, 6.07) is 0. The summed E-state index contributed by atoms with van der Waals surface area (Å²) in [5.41, 5.74) is 2.10. The van der Waals surface area contributed by atoms with E-state index in [2.05, 4.69) is 15.9 Å². The van der Waals surface area contributed by atoms with E-state index in [1.807, 2.05) is 24.1 Å². The second kappa shape index (κ2) is 3.27. The quantitative estimate of drug-likeness (QED) is 0.675. The Bertz CT molecular complexity index is 568. The lowest BCUT2D eigenvalue weighted by atomic mass is 10.3. The monoisotopic (exact) mass is 219 g/mol. The van der Waals surface area contributed by atoms with Crippen molar-refractivity contribution >= 4 is 24.1 Å². The summed E-state index contributed by atoms with van der Waals surface area (Å²) in [4.78, 5) is 4.15. The van der Waals surface area contributed by atoms with Gasteiger partial charge in [0.25, 0.3) is 0 Å². The SMILES string of the molecule is Cn1nc2c3c(cncc31)P(C#N)C2.N. The number of aryl methyl sites for hydroxylation is 1. The molecule has 0 radical (unpaired) electrons. The number of rotatable bonds is 0. The predicted octanol–water partition coefficient (Wildman–Crippen LogP) is 1.23. The molecule has 3 N–H and O–H groups in total. The van der Waals surface area contributed by atoms with Crippen molar-refractivity contribution in [3.05, 3.63) is 18.1 Å². The number of nitriles is 1. The maximum atomic E-state index is 8.99. The van der Waals surface area contributed by atoms with E-state index < -0.39 is 7.92 Å². The summed E-state index contributed by atoms with van der Waals surface area (Å²) < 4.78 is 1.84. The van der Waals surface area contributed by atoms with E-state index in [9.17, 15) is 0 Å². The Labute approximate surface area is 88.1 Å². The molecule has 6 heteroatoms. The summed E-state index contributed by atoms with van der Waals surface area (Å²) in [6.07, 6.45) is 4.42. The normalized spacial score (nSPS) is 17.5. The highest BCUT2D eigenvalue weighted by atomic mass is 31.1. The van der Waals surface area contributed by atoms with Crippen LogP contribution in [0.25, 0.3) is 10.9 Å². The van der Waals surface area contributed by atoms with Crippen molar-refractivity contribution in [1.29, 1.82) is 5.26 Å². The summed E-state index contributed by atoms with van der Waals surface area (Å²) >= 11 is 0. The Kier molecular flexibility index (Phi) is 2.18. The van der Waals surface area contributed by atoms with Crippen molar-refractivity contribution in [2.24, 2.45) is 7.05 Å². The van der Waals surface area contributed by atoms with Gasteiger partial charge >= 0.3 is 0 Å². The molecule has 3 rings (SSSR count). The fraction of sp³-hybridized carbons (Fsp3) is 0.222. The van der Waals surface area contributed by atoms with Gasteiger partial charge in [-0.2, -0.15) is 10.4 Å². The highest BCUT2D eigenvalue weighted by Crippen LogP contribution is 2.45. The van der Waals surface area contributed by atoms with E-state index >= 15 is 0 Å². The largest absolute Gasteiger partial charge is 0.344 e. The van der Waals surface area contributed by atoms with Crippen molar-refractivity contribution < 1.29 is 0 Å². The lowest BCUT2D eigenvalue weighted by molar-refractivity contribution is 0.779. The van der Waals surface area contributed by atoms with Gasteiger partial charge < -0.3 is 6.15 Å². The highest BCUT2D eigenvalue weighted by molar-refractivity contribution is 7.70. The van der Waals surface area contributed by atoms with Crippen LogP contribution in [-0.2, 0) is 13.2 Å². The molecule has 1 unspecified atom stereocenters. The maximum absolute atomic E-state index is 8.99. The molecule has 76 valence electrons. The van der Waals surface area contributed by atoms with Crippen LogP contribution < -0.4 is 11.5 Å². The first-order valence-electron chi connectivity index (χ1n) is 4.28. The third kappa shape index (κ3) is 1.16. The smallest absolute Gasteiger partial charge is 0.0925 e. The Balaban J connectivity index is 0.000000853. The van der Waals surface area contributed by atoms with E-state index in [1.165, 1.54) is 0 Å². The summed E-state index contributed by atoms with van der Waals surface area (Å²) in [7, 11) is 1.22. The maximum Gasteiger partial charge on any atom is 0.0925 e. The topological polar surface area (TPSA) is 89.5 Å². The molecule has 3 heterocycles. The van der Waals surface area contributed by atoms with Gasteiger partial charge in [0.2, 0.25) is 0 Å². The molecule has 2 aromatic heterocycles. The average Bonchev–Trinajstić information content (AvgIpc) is 2.71. The average molecular weight is 219 g/mol. The van der Waals surface area contributed by atoms with Crippen LogP contribution in [0.3, 0.4) is 0 Å². The van der Waals surface area contributed by atoms with Gasteiger partial charge in [-0.1, -0.05) is 0 Å². The fourth-order valence-electron chi connectivity index (χ4n) is 1.90. The van der Waals surface area contributed by atoms with Crippen LogP contribution in [0.5, 0.6) is 0 Å². The van der Waals surface area contributed by atoms with Crippen molar-refractivity contribution in [2.75, 3.05) is 0 Å². The molecule has 2 aromatic rings. The van der Waals surface area contributed by atoms with Crippen LogP contribution in [0.15, 0.2) is 12.4 Å². The molecule has 0 amide bonds. The number of hydrogen-bond acceptors (Lipinski definition) is 4. The molecule has 0 saturated carbocycles. The van der Waals surface area contributed by atoms with Crippen LogP contribution in [0.4, 0.5) is 0 Å². The molecule has 1 aliphatic rings. The second-order valence-electron chi connectivity index (χ2n) is 3.31. The first-order chi connectivity index (χ1) is 6.81. The zero-order chi connectivity index (χ0) is 9.71. The van der Waals surface area contributed by atoms with Crippen molar-refractivity contribution in [3.8, 4) is 5.81 Å². The summed E-state index contributed by atoms with van der Waals surface area (Å²) in [6.45, 7) is 0. The lowest BCUT2D eigenvalue weighted by Gasteiger charge is -2.01. The molecular weight excluding hydrogens is 209 g/mol. The molecule has 15 heavy (non-hydrogen) atoms. The molecular formula is C9H10N5P. The van der Waals surface area contributed by atoms with Crippen LogP contribution in [-0.4, -0.2) is 14.8 Å². The number of hydrogen-bond donors (Lipinski definition) is 1. The molecule has 1 aliphatic heterocycles. The van der Waals surface area contributed by atoms with E-state index in [0.29, 0.717) is 0 Å². The minimum absolute atomic E-state index is 0. The van der Waals surface area contributed by atoms with Gasteiger partial charge in [0, 0.05) is 38.0 Å². The lowest BCUT2D eigenvalue weighted by Crippen LogP contribution is -2.00. The summed E-state index contributed by atoms with van der Waals surface area (Å²) in [5, 5.41) is 15.7. The fourth-order valence-corrected chi connectivity index (χ4v) is 3.49. The van der Waals surface area contributed by atoms with Gasteiger partial charge in [0.05, 0.1) is 23.2 Å². The molecule has 1 atom stereocenters. The molecule has 0 bridgehead atoms. The zero-order valence-electron chi connectivity index (χ0n) is 8.30. The van der Waals surface area contributed by atoms with E-state index in [1.54, 1.807) is 0 Å². The highest BCUT2D eigenvalue weighted by Gasteiger charge is 2.27. The van der Waals surface area contributed by atoms with Crippen molar-refractivity contribution in [2.45, 2.75) is 6.16 Å². The van der Waals surface area contributed by atoms with E-state index in [4.69, 9.17) is 5.26 Å². The standard InChI is InChI=1S/C9H7N4P.H3N/c1-13-7-2-11-3-8-9(7)6(12-13)4-14(8)5-10;/h2-3H,4H2,1H3;1H3. The van der Waals surface area contributed by atoms with Crippen LogP contribution >= 0.6 is 7.92 Å². The Hall–Kier alpha value is -1.50.